The van der Waals surface area contributed by atoms with E-state index in [-0.39, 0.29) is 12.1 Å². The number of hydrogen-bond acceptors (Lipinski definition) is 4. The second-order valence-electron chi connectivity index (χ2n) is 5.67. The highest BCUT2D eigenvalue weighted by atomic mass is 32.1. The maximum absolute atomic E-state index is 12.1. The van der Waals surface area contributed by atoms with Crippen molar-refractivity contribution in [3.05, 3.63) is 57.8 Å². The number of nitrogens with one attached hydrogen (secondary N) is 2. The molecule has 6 heteroatoms. The van der Waals surface area contributed by atoms with Crippen LogP contribution in [0.15, 0.2) is 41.1 Å². The summed E-state index contributed by atoms with van der Waals surface area (Å²) in [7, 11) is 0. The van der Waals surface area contributed by atoms with Crippen LogP contribution < -0.4 is 10.6 Å². The van der Waals surface area contributed by atoms with Crippen molar-refractivity contribution in [2.24, 2.45) is 0 Å². The van der Waals surface area contributed by atoms with Crippen molar-refractivity contribution < 1.29 is 4.79 Å². The van der Waals surface area contributed by atoms with Gasteiger partial charge in [0.2, 0.25) is 0 Å². The SMILES string of the molecule is CCN(CC)[C@H](CNC(=O)NCc1cccc(C#N)c1)c1ccsc1. The van der Waals surface area contributed by atoms with E-state index < -0.39 is 0 Å². The Balaban J connectivity index is 1.89. The molecule has 2 amide bonds. The fraction of sp³-hybridized carbons (Fsp3) is 0.368. The molecule has 1 heterocycles. The van der Waals surface area contributed by atoms with Crippen molar-refractivity contribution in [2.45, 2.75) is 26.4 Å². The monoisotopic (exact) mass is 356 g/mol. The Bertz CT molecular complexity index is 704. The van der Waals surface area contributed by atoms with Gasteiger partial charge in [0, 0.05) is 13.1 Å². The fourth-order valence-corrected chi connectivity index (χ4v) is 3.48. The minimum Gasteiger partial charge on any atom is -0.336 e. The van der Waals surface area contributed by atoms with Crippen molar-refractivity contribution >= 4 is 17.4 Å². The number of benzene rings is 1. The number of nitriles is 1. The first-order valence-corrected chi connectivity index (χ1v) is 9.39. The summed E-state index contributed by atoms with van der Waals surface area (Å²) in [5, 5.41) is 18.9. The molecule has 0 spiro atoms. The van der Waals surface area contributed by atoms with Gasteiger partial charge in [0.05, 0.1) is 17.7 Å². The van der Waals surface area contributed by atoms with Gasteiger partial charge in [-0.15, -0.1) is 0 Å². The molecule has 1 atom stereocenters. The lowest BCUT2D eigenvalue weighted by Crippen LogP contribution is -2.41. The van der Waals surface area contributed by atoms with E-state index in [1.165, 1.54) is 5.56 Å². The smallest absolute Gasteiger partial charge is 0.315 e. The molecule has 0 unspecified atom stereocenters. The summed E-state index contributed by atoms with van der Waals surface area (Å²) < 4.78 is 0. The highest BCUT2D eigenvalue weighted by Gasteiger charge is 2.19. The number of amides is 2. The maximum Gasteiger partial charge on any atom is 0.315 e. The number of carbonyl (C=O) groups excluding carboxylic acids is 1. The van der Waals surface area contributed by atoms with Crippen LogP contribution in [0.1, 0.15) is 36.6 Å². The maximum atomic E-state index is 12.1. The zero-order valence-corrected chi connectivity index (χ0v) is 15.5. The quantitative estimate of drug-likeness (QED) is 0.761. The Labute approximate surface area is 153 Å². The third kappa shape index (κ3) is 5.59. The number of rotatable bonds is 8. The van der Waals surface area contributed by atoms with Crippen LogP contribution in [0.2, 0.25) is 0 Å². The van der Waals surface area contributed by atoms with Crippen LogP contribution in [0.3, 0.4) is 0 Å². The molecule has 2 rings (SSSR count). The molecule has 2 N–H and O–H groups in total. The molecule has 0 aliphatic heterocycles. The van der Waals surface area contributed by atoms with E-state index in [1.54, 1.807) is 23.5 Å². The minimum absolute atomic E-state index is 0.175. The van der Waals surface area contributed by atoms with Gasteiger partial charge in [-0.05, 0) is 53.2 Å². The number of nitrogens with zero attached hydrogens (tertiary/aromatic N) is 2. The van der Waals surface area contributed by atoms with Crippen molar-refractivity contribution in [3.63, 3.8) is 0 Å². The van der Waals surface area contributed by atoms with Gasteiger partial charge < -0.3 is 10.6 Å². The van der Waals surface area contributed by atoms with Crippen molar-refractivity contribution in [1.29, 1.82) is 5.26 Å². The summed E-state index contributed by atoms with van der Waals surface area (Å²) in [5.41, 5.74) is 2.74. The summed E-state index contributed by atoms with van der Waals surface area (Å²) in [6, 6.07) is 11.4. The first kappa shape index (κ1) is 19.0. The predicted octanol–water partition coefficient (Wildman–Crippen LogP) is 3.50. The van der Waals surface area contributed by atoms with Crippen LogP contribution in [0, 0.1) is 11.3 Å². The van der Waals surface area contributed by atoms with Crippen molar-refractivity contribution in [3.8, 4) is 6.07 Å². The van der Waals surface area contributed by atoms with E-state index in [1.807, 2.05) is 12.1 Å². The lowest BCUT2D eigenvalue weighted by Gasteiger charge is -2.29. The Morgan fingerprint density at radius 2 is 2.08 bits per heavy atom. The molecule has 0 fully saturated rings. The van der Waals surface area contributed by atoms with Crippen LogP contribution in [0.4, 0.5) is 4.79 Å². The number of carbonyl (C=O) groups is 1. The highest BCUT2D eigenvalue weighted by Crippen LogP contribution is 2.22. The van der Waals surface area contributed by atoms with Gasteiger partial charge in [-0.3, -0.25) is 4.90 Å². The fourth-order valence-electron chi connectivity index (χ4n) is 2.77. The van der Waals surface area contributed by atoms with Gasteiger partial charge in [0.15, 0.2) is 0 Å². The van der Waals surface area contributed by atoms with Gasteiger partial charge in [-0.25, -0.2) is 4.79 Å². The van der Waals surface area contributed by atoms with Gasteiger partial charge in [-0.1, -0.05) is 26.0 Å². The van der Waals surface area contributed by atoms with Gasteiger partial charge in [-0.2, -0.15) is 16.6 Å². The van der Waals surface area contributed by atoms with E-state index in [0.29, 0.717) is 18.7 Å². The Morgan fingerprint density at radius 3 is 2.72 bits per heavy atom. The zero-order valence-electron chi connectivity index (χ0n) is 14.7. The second kappa shape index (κ2) is 9.82. The molecular weight excluding hydrogens is 332 g/mol. The van der Waals surface area contributed by atoms with E-state index >= 15 is 0 Å². The Kier molecular flexibility index (Phi) is 7.45. The van der Waals surface area contributed by atoms with Gasteiger partial charge in [0.25, 0.3) is 0 Å². The third-order valence-corrected chi connectivity index (χ3v) is 4.85. The first-order valence-electron chi connectivity index (χ1n) is 8.44. The van der Waals surface area contributed by atoms with E-state index in [9.17, 15) is 4.79 Å². The molecule has 1 aromatic heterocycles. The first-order chi connectivity index (χ1) is 12.2. The number of hydrogen-bond donors (Lipinski definition) is 2. The number of likely N-dealkylation sites (N-methyl/N-ethyl adjacent to an activating group) is 1. The summed E-state index contributed by atoms with van der Waals surface area (Å²) in [6.45, 7) is 7.08. The molecule has 0 saturated heterocycles. The second-order valence-corrected chi connectivity index (χ2v) is 6.45. The van der Waals surface area contributed by atoms with Crippen LogP contribution in [-0.2, 0) is 6.54 Å². The summed E-state index contributed by atoms with van der Waals surface area (Å²) in [4.78, 5) is 14.5. The highest BCUT2D eigenvalue weighted by molar-refractivity contribution is 7.07. The predicted molar refractivity (Wildman–Crippen MR) is 101 cm³/mol. The van der Waals surface area contributed by atoms with Crippen LogP contribution in [-0.4, -0.2) is 30.6 Å². The van der Waals surface area contributed by atoms with Crippen LogP contribution in [0.5, 0.6) is 0 Å². The van der Waals surface area contributed by atoms with Gasteiger partial charge >= 0.3 is 6.03 Å². The minimum atomic E-state index is -0.199. The largest absolute Gasteiger partial charge is 0.336 e. The molecule has 25 heavy (non-hydrogen) atoms. The molecule has 0 bridgehead atoms. The zero-order chi connectivity index (χ0) is 18.1. The molecule has 132 valence electrons. The lowest BCUT2D eigenvalue weighted by molar-refractivity contribution is 0.206. The molecule has 1 aromatic carbocycles. The normalized spacial score (nSPS) is 11.8. The Hall–Kier alpha value is -2.36. The summed E-state index contributed by atoms with van der Waals surface area (Å²) in [6.07, 6.45) is 0. The number of urea groups is 1. The van der Waals surface area contributed by atoms with E-state index in [4.69, 9.17) is 5.26 Å². The molecule has 0 radical (unpaired) electrons. The van der Waals surface area contributed by atoms with Gasteiger partial charge in [0.1, 0.15) is 0 Å². The van der Waals surface area contributed by atoms with Crippen LogP contribution in [0.25, 0.3) is 0 Å². The molecule has 2 aromatic rings. The topological polar surface area (TPSA) is 68.2 Å². The van der Waals surface area contributed by atoms with E-state index in [0.717, 1.165) is 18.7 Å². The third-order valence-electron chi connectivity index (χ3n) is 4.15. The molecule has 5 nitrogen and oxygen atoms in total. The van der Waals surface area contributed by atoms with Crippen molar-refractivity contribution in [1.82, 2.24) is 15.5 Å². The number of thiophene rings is 1. The molecule has 0 aliphatic rings. The Morgan fingerprint density at radius 1 is 1.28 bits per heavy atom. The summed E-state index contributed by atoms with van der Waals surface area (Å²) >= 11 is 1.67. The molecular formula is C19H24N4OS. The molecule has 0 saturated carbocycles. The summed E-state index contributed by atoms with van der Waals surface area (Å²) in [5.74, 6) is 0. The average Bonchev–Trinajstić information content (AvgIpc) is 3.18. The van der Waals surface area contributed by atoms with Crippen molar-refractivity contribution in [2.75, 3.05) is 19.6 Å². The van der Waals surface area contributed by atoms with E-state index in [2.05, 4.69) is 52.3 Å². The lowest BCUT2D eigenvalue weighted by atomic mass is 10.1. The standard InChI is InChI=1S/C19H24N4OS/c1-3-23(4-2)18(17-8-9-25-14-17)13-22-19(24)21-12-16-7-5-6-15(10-16)11-20/h5-10,14,18H,3-4,12-13H2,1-2H3,(H2,21,22,24)/t18-/m1/s1. The van der Waals surface area contributed by atoms with Crippen LogP contribution >= 0.6 is 11.3 Å². The molecule has 0 aliphatic carbocycles. The average molecular weight is 356 g/mol.